The van der Waals surface area contributed by atoms with E-state index >= 15 is 0 Å². The van der Waals surface area contributed by atoms with Crippen molar-refractivity contribution in [1.82, 2.24) is 9.97 Å². The van der Waals surface area contributed by atoms with Crippen LogP contribution in [0.15, 0.2) is 36.4 Å². The fourth-order valence-electron chi connectivity index (χ4n) is 3.42. The fraction of sp³-hybridized carbons (Fsp3) is 0.273. The number of hydrogen-bond acceptors (Lipinski definition) is 7. The molecular formula is C22H23N3O4. The molecule has 2 heterocycles. The zero-order valence-electron chi connectivity index (χ0n) is 16.4. The summed E-state index contributed by atoms with van der Waals surface area (Å²) in [6.45, 7) is 5.50. The molecular weight excluding hydrogens is 370 g/mol. The van der Waals surface area contributed by atoms with Gasteiger partial charge < -0.3 is 25.1 Å². The lowest BCUT2D eigenvalue weighted by atomic mass is 9.97. The number of aromatic hydroxyl groups is 1. The van der Waals surface area contributed by atoms with Crippen LogP contribution in [0.1, 0.15) is 19.0 Å². The van der Waals surface area contributed by atoms with Crippen LogP contribution in [-0.2, 0) is 0 Å². The second-order valence-electron chi connectivity index (χ2n) is 6.71. The summed E-state index contributed by atoms with van der Waals surface area (Å²) < 4.78 is 17.0. The number of nitrogens with zero attached hydrogens (tertiary/aromatic N) is 2. The van der Waals surface area contributed by atoms with Gasteiger partial charge in [0, 0.05) is 23.6 Å². The van der Waals surface area contributed by atoms with Crippen LogP contribution in [-0.4, -0.2) is 34.9 Å². The SMILES string of the molecule is CCOc1ccc(-c2nc(N)nc(C)c2-c2ccc3c(c2)OCCCO3)c(O)c1. The maximum atomic E-state index is 10.6. The van der Waals surface area contributed by atoms with E-state index in [1.54, 1.807) is 18.2 Å². The van der Waals surface area contributed by atoms with Crippen LogP contribution < -0.4 is 19.9 Å². The molecule has 0 spiro atoms. The van der Waals surface area contributed by atoms with Gasteiger partial charge in [-0.15, -0.1) is 0 Å². The molecule has 3 aromatic rings. The second-order valence-corrected chi connectivity index (χ2v) is 6.71. The number of nitrogen functional groups attached to an aromatic ring is 1. The Labute approximate surface area is 169 Å². The van der Waals surface area contributed by atoms with Crippen LogP contribution in [0, 0.1) is 6.92 Å². The van der Waals surface area contributed by atoms with Gasteiger partial charge in [0.05, 0.1) is 31.2 Å². The molecule has 0 radical (unpaired) electrons. The number of hydrogen-bond donors (Lipinski definition) is 2. The van der Waals surface area contributed by atoms with Gasteiger partial charge in [0.1, 0.15) is 11.5 Å². The lowest BCUT2D eigenvalue weighted by Gasteiger charge is -2.16. The molecule has 150 valence electrons. The molecule has 0 saturated heterocycles. The van der Waals surface area contributed by atoms with Gasteiger partial charge in [0.2, 0.25) is 5.95 Å². The Balaban J connectivity index is 1.86. The number of benzene rings is 2. The Morgan fingerprint density at radius 2 is 1.86 bits per heavy atom. The highest BCUT2D eigenvalue weighted by Crippen LogP contribution is 2.41. The van der Waals surface area contributed by atoms with Gasteiger partial charge in [-0.05, 0) is 43.7 Å². The van der Waals surface area contributed by atoms with E-state index in [0.29, 0.717) is 54.0 Å². The molecule has 3 N–H and O–H groups in total. The predicted molar refractivity (Wildman–Crippen MR) is 110 cm³/mol. The van der Waals surface area contributed by atoms with Gasteiger partial charge in [0.25, 0.3) is 0 Å². The van der Waals surface area contributed by atoms with Gasteiger partial charge in [-0.1, -0.05) is 6.07 Å². The van der Waals surface area contributed by atoms with Crippen LogP contribution in [0.5, 0.6) is 23.0 Å². The summed E-state index contributed by atoms with van der Waals surface area (Å²) in [5, 5.41) is 10.6. The van der Waals surface area contributed by atoms with E-state index in [9.17, 15) is 5.11 Å². The highest BCUT2D eigenvalue weighted by Gasteiger charge is 2.20. The monoisotopic (exact) mass is 393 g/mol. The topological polar surface area (TPSA) is 99.7 Å². The predicted octanol–water partition coefficient (Wildman–Crippen LogP) is 3.97. The smallest absolute Gasteiger partial charge is 0.220 e. The fourth-order valence-corrected chi connectivity index (χ4v) is 3.42. The molecule has 29 heavy (non-hydrogen) atoms. The van der Waals surface area contributed by atoms with Crippen molar-refractivity contribution in [3.05, 3.63) is 42.1 Å². The minimum atomic E-state index is 0.0593. The van der Waals surface area contributed by atoms with Gasteiger partial charge in [-0.2, -0.15) is 0 Å². The summed E-state index contributed by atoms with van der Waals surface area (Å²) in [5.41, 5.74) is 9.36. The number of ether oxygens (including phenoxy) is 3. The van der Waals surface area contributed by atoms with Crippen molar-refractivity contribution in [1.29, 1.82) is 0 Å². The molecule has 4 rings (SSSR count). The maximum Gasteiger partial charge on any atom is 0.220 e. The third kappa shape index (κ3) is 3.76. The van der Waals surface area contributed by atoms with Crippen LogP contribution in [0.4, 0.5) is 5.95 Å². The quantitative estimate of drug-likeness (QED) is 0.692. The van der Waals surface area contributed by atoms with Crippen molar-refractivity contribution in [2.45, 2.75) is 20.3 Å². The Hall–Kier alpha value is -3.48. The minimum Gasteiger partial charge on any atom is -0.507 e. The van der Waals surface area contributed by atoms with E-state index in [1.165, 1.54) is 0 Å². The highest BCUT2D eigenvalue weighted by molar-refractivity contribution is 5.86. The summed E-state index contributed by atoms with van der Waals surface area (Å²) in [5.74, 6) is 2.18. The van der Waals surface area contributed by atoms with Gasteiger partial charge in [-0.25, -0.2) is 9.97 Å². The molecule has 0 bridgehead atoms. The van der Waals surface area contributed by atoms with Crippen molar-refractivity contribution < 1.29 is 19.3 Å². The van der Waals surface area contributed by atoms with Crippen LogP contribution in [0.3, 0.4) is 0 Å². The van der Waals surface area contributed by atoms with E-state index in [4.69, 9.17) is 19.9 Å². The van der Waals surface area contributed by atoms with Crippen molar-refractivity contribution in [3.8, 4) is 45.4 Å². The molecule has 0 aliphatic carbocycles. The van der Waals surface area contributed by atoms with E-state index in [-0.39, 0.29) is 11.7 Å². The summed E-state index contributed by atoms with van der Waals surface area (Å²) in [6.07, 6.45) is 0.833. The minimum absolute atomic E-state index is 0.0593. The van der Waals surface area contributed by atoms with Crippen molar-refractivity contribution in [2.24, 2.45) is 0 Å². The Morgan fingerprint density at radius 1 is 1.07 bits per heavy atom. The standard InChI is InChI=1S/C22H23N3O4/c1-3-27-15-6-7-16(17(26)12-15)21-20(13(2)24-22(23)25-21)14-5-8-18-19(11-14)29-10-4-9-28-18/h5-8,11-12,26H,3-4,9-10H2,1-2H3,(H2,23,24,25). The van der Waals surface area contributed by atoms with Gasteiger partial charge in [0.15, 0.2) is 11.5 Å². The summed E-state index contributed by atoms with van der Waals surface area (Å²) in [6, 6.07) is 10.9. The Bertz CT molecular complexity index is 1050. The molecule has 7 nitrogen and oxygen atoms in total. The number of aryl methyl sites for hydroxylation is 1. The van der Waals surface area contributed by atoms with Crippen molar-refractivity contribution >= 4 is 5.95 Å². The summed E-state index contributed by atoms with van der Waals surface area (Å²) in [4.78, 5) is 8.77. The molecule has 7 heteroatoms. The number of anilines is 1. The number of phenolic OH excluding ortho intramolecular Hbond substituents is 1. The highest BCUT2D eigenvalue weighted by atomic mass is 16.5. The maximum absolute atomic E-state index is 10.6. The van der Waals surface area contributed by atoms with Gasteiger partial charge >= 0.3 is 0 Å². The molecule has 0 atom stereocenters. The molecule has 1 aromatic heterocycles. The zero-order valence-corrected chi connectivity index (χ0v) is 16.4. The largest absolute Gasteiger partial charge is 0.507 e. The Kier molecular flexibility index (Phi) is 5.12. The molecule has 1 aliphatic heterocycles. The molecule has 0 saturated carbocycles. The first-order valence-corrected chi connectivity index (χ1v) is 9.57. The van der Waals surface area contributed by atoms with E-state index in [0.717, 1.165) is 17.5 Å². The third-order valence-electron chi connectivity index (χ3n) is 4.68. The van der Waals surface area contributed by atoms with E-state index in [2.05, 4.69) is 9.97 Å². The lowest BCUT2D eigenvalue weighted by Crippen LogP contribution is -2.03. The average Bonchev–Trinajstić information content (AvgIpc) is 2.92. The van der Waals surface area contributed by atoms with Crippen LogP contribution in [0.25, 0.3) is 22.4 Å². The van der Waals surface area contributed by atoms with Crippen molar-refractivity contribution in [2.75, 3.05) is 25.6 Å². The zero-order chi connectivity index (χ0) is 20.4. The number of fused-ring (bicyclic) bond motifs is 1. The van der Waals surface area contributed by atoms with E-state index in [1.807, 2.05) is 32.0 Å². The number of rotatable bonds is 4. The van der Waals surface area contributed by atoms with Gasteiger partial charge in [-0.3, -0.25) is 0 Å². The number of aromatic nitrogens is 2. The number of phenols is 1. The Morgan fingerprint density at radius 3 is 2.62 bits per heavy atom. The number of nitrogens with two attached hydrogens (primary N) is 1. The first-order valence-electron chi connectivity index (χ1n) is 9.57. The van der Waals surface area contributed by atoms with Crippen molar-refractivity contribution in [3.63, 3.8) is 0 Å². The second kappa shape index (κ2) is 7.87. The van der Waals surface area contributed by atoms with Crippen LogP contribution >= 0.6 is 0 Å². The first kappa shape index (κ1) is 18.9. The lowest BCUT2D eigenvalue weighted by molar-refractivity contribution is 0.297. The van der Waals surface area contributed by atoms with Crippen LogP contribution in [0.2, 0.25) is 0 Å². The van der Waals surface area contributed by atoms with E-state index < -0.39 is 0 Å². The molecule has 1 aliphatic rings. The molecule has 2 aromatic carbocycles. The third-order valence-corrected chi connectivity index (χ3v) is 4.68. The normalized spacial score (nSPS) is 13.0. The molecule has 0 amide bonds. The molecule has 0 fully saturated rings. The summed E-state index contributed by atoms with van der Waals surface area (Å²) >= 11 is 0. The average molecular weight is 393 g/mol. The first-order chi connectivity index (χ1) is 14.1. The molecule has 0 unspecified atom stereocenters. The summed E-state index contributed by atoms with van der Waals surface area (Å²) in [7, 11) is 0.